The van der Waals surface area contributed by atoms with Crippen molar-refractivity contribution in [2.75, 3.05) is 0 Å². The molecule has 0 heterocycles. The van der Waals surface area contributed by atoms with Crippen LogP contribution in [-0.4, -0.2) is 5.91 Å². The molecule has 1 aliphatic carbocycles. The average Bonchev–Trinajstić information content (AvgIpc) is 3.16. The second kappa shape index (κ2) is 5.43. The number of halogens is 2. The molecule has 0 unspecified atom stereocenters. The van der Waals surface area contributed by atoms with Crippen LogP contribution >= 0.6 is 23.2 Å². The average molecular weight is 281 g/mol. The maximum atomic E-state index is 11.8. The van der Waals surface area contributed by atoms with Crippen molar-refractivity contribution >= 4 is 29.1 Å². The van der Waals surface area contributed by atoms with Gasteiger partial charge in [0.05, 0.1) is 0 Å². The van der Waals surface area contributed by atoms with E-state index in [2.05, 4.69) is 5.32 Å². The summed E-state index contributed by atoms with van der Waals surface area (Å²) in [6, 6.07) is 11.6. The van der Waals surface area contributed by atoms with E-state index in [1.54, 1.807) is 6.07 Å². The molecule has 0 aliphatic heterocycles. The first-order chi connectivity index (χ1) is 8.63. The number of benzene rings is 1. The van der Waals surface area contributed by atoms with Crippen molar-refractivity contribution in [3.63, 3.8) is 0 Å². The Labute approximate surface area is 115 Å². The van der Waals surface area contributed by atoms with Crippen LogP contribution in [0.4, 0.5) is 0 Å². The lowest BCUT2D eigenvalue weighted by molar-refractivity contribution is -0.121. The Hall–Kier alpha value is -1.50. The van der Waals surface area contributed by atoms with E-state index in [-0.39, 0.29) is 27.9 Å². The molecule has 0 bridgehead atoms. The molecule has 0 saturated heterocycles. The summed E-state index contributed by atoms with van der Waals surface area (Å²) in [5.74, 6) is -0.0946. The van der Waals surface area contributed by atoms with Crippen LogP contribution in [0, 0.1) is 17.2 Å². The molecule has 1 N–H and O–H groups in total. The van der Waals surface area contributed by atoms with E-state index < -0.39 is 0 Å². The highest BCUT2D eigenvalue weighted by atomic mass is 35.5. The predicted molar refractivity (Wildman–Crippen MR) is 69.8 cm³/mol. The second-order valence-electron chi connectivity index (χ2n) is 4.10. The van der Waals surface area contributed by atoms with Crippen molar-refractivity contribution in [2.24, 2.45) is 5.92 Å². The summed E-state index contributed by atoms with van der Waals surface area (Å²) >= 11 is 10.9. The summed E-state index contributed by atoms with van der Waals surface area (Å²) in [7, 11) is 0. The quantitative estimate of drug-likeness (QED) is 0.865. The summed E-state index contributed by atoms with van der Waals surface area (Å²) in [6.07, 6.45) is 0.786. The van der Waals surface area contributed by atoms with Crippen LogP contribution in [0.2, 0.25) is 0 Å². The van der Waals surface area contributed by atoms with Gasteiger partial charge < -0.3 is 5.32 Å². The molecule has 1 aromatic carbocycles. The minimum Gasteiger partial charge on any atom is -0.315 e. The van der Waals surface area contributed by atoms with Crippen LogP contribution in [0.3, 0.4) is 0 Å². The van der Waals surface area contributed by atoms with Crippen LogP contribution in [0.25, 0.3) is 0 Å². The third-order valence-corrected chi connectivity index (χ3v) is 3.28. The lowest BCUT2D eigenvalue weighted by Crippen LogP contribution is -2.24. The molecule has 1 aromatic rings. The maximum absolute atomic E-state index is 11.8. The van der Waals surface area contributed by atoms with E-state index in [1.807, 2.05) is 30.3 Å². The van der Waals surface area contributed by atoms with E-state index in [0.717, 1.165) is 12.0 Å². The van der Waals surface area contributed by atoms with E-state index in [9.17, 15) is 4.79 Å². The molecule has 0 spiro atoms. The number of hydrogen-bond donors (Lipinski definition) is 1. The molecule has 18 heavy (non-hydrogen) atoms. The van der Waals surface area contributed by atoms with Crippen LogP contribution in [0.15, 0.2) is 40.5 Å². The fourth-order valence-corrected chi connectivity index (χ4v) is 2.07. The molecule has 1 amide bonds. The number of nitrogens with one attached hydrogen (secondary N) is 1. The van der Waals surface area contributed by atoms with Gasteiger partial charge in [-0.25, -0.2) is 0 Å². The Balaban J connectivity index is 1.99. The number of rotatable bonds is 3. The molecular weight excluding hydrogens is 271 g/mol. The Morgan fingerprint density at radius 1 is 1.33 bits per heavy atom. The van der Waals surface area contributed by atoms with E-state index in [1.165, 1.54) is 0 Å². The fourth-order valence-electron chi connectivity index (χ4n) is 1.89. The molecule has 3 nitrogen and oxygen atoms in total. The zero-order valence-electron chi connectivity index (χ0n) is 9.36. The van der Waals surface area contributed by atoms with E-state index in [0.29, 0.717) is 0 Å². The first kappa shape index (κ1) is 12.9. The molecule has 1 aliphatic rings. The fraction of sp³-hybridized carbons (Fsp3) is 0.231. The maximum Gasteiger partial charge on any atom is 0.228 e. The third kappa shape index (κ3) is 2.84. The van der Waals surface area contributed by atoms with Crippen LogP contribution in [-0.2, 0) is 4.79 Å². The number of nitriles is 1. The zero-order chi connectivity index (χ0) is 13.1. The first-order valence-corrected chi connectivity index (χ1v) is 6.20. The van der Waals surface area contributed by atoms with Crippen LogP contribution in [0.5, 0.6) is 0 Å². The van der Waals surface area contributed by atoms with Gasteiger partial charge in [-0.15, -0.1) is 0 Å². The standard InChI is InChI=1S/C13H10Cl2N2O/c14-12(15)11(7-16)17-13(18)10-6-9(10)8-4-2-1-3-5-8/h1-5,9-10H,6H2,(H,17,18)/t9-,10-/m0/s1. The summed E-state index contributed by atoms with van der Waals surface area (Å²) in [5, 5.41) is 11.2. The highest BCUT2D eigenvalue weighted by Crippen LogP contribution is 2.47. The minimum absolute atomic E-state index is 0.0953. The smallest absolute Gasteiger partial charge is 0.228 e. The highest BCUT2D eigenvalue weighted by Gasteiger charge is 2.44. The Kier molecular flexibility index (Phi) is 3.90. The molecule has 2 atom stereocenters. The Morgan fingerprint density at radius 2 is 2.00 bits per heavy atom. The van der Waals surface area contributed by atoms with Crippen molar-refractivity contribution < 1.29 is 4.79 Å². The topological polar surface area (TPSA) is 52.9 Å². The number of hydrogen-bond acceptors (Lipinski definition) is 2. The van der Waals surface area contributed by atoms with Crippen molar-refractivity contribution in [1.29, 1.82) is 5.26 Å². The van der Waals surface area contributed by atoms with Crippen molar-refractivity contribution in [3.05, 3.63) is 46.1 Å². The molecule has 5 heteroatoms. The number of nitrogens with zero attached hydrogens (tertiary/aromatic N) is 1. The molecule has 0 radical (unpaired) electrons. The molecular formula is C13H10Cl2N2O. The summed E-state index contributed by atoms with van der Waals surface area (Å²) in [6.45, 7) is 0. The predicted octanol–water partition coefficient (Wildman–Crippen LogP) is 3.08. The molecule has 1 saturated carbocycles. The normalized spacial score (nSPS) is 20.7. The third-order valence-electron chi connectivity index (χ3n) is 2.90. The van der Waals surface area contributed by atoms with Gasteiger partial charge in [-0.05, 0) is 17.9 Å². The van der Waals surface area contributed by atoms with Gasteiger partial charge in [-0.2, -0.15) is 5.26 Å². The monoisotopic (exact) mass is 280 g/mol. The minimum atomic E-state index is -0.220. The van der Waals surface area contributed by atoms with Crippen molar-refractivity contribution in [3.8, 4) is 6.07 Å². The van der Waals surface area contributed by atoms with Crippen molar-refractivity contribution in [1.82, 2.24) is 5.32 Å². The zero-order valence-corrected chi connectivity index (χ0v) is 10.9. The van der Waals surface area contributed by atoms with Gasteiger partial charge in [-0.3, -0.25) is 4.79 Å². The molecule has 1 fully saturated rings. The number of amides is 1. The SMILES string of the molecule is N#CC(NC(=O)[C@H]1C[C@H]1c1ccccc1)=C(Cl)Cl. The van der Waals surface area contributed by atoms with Gasteiger partial charge in [0.2, 0.25) is 5.91 Å². The molecule has 2 rings (SSSR count). The first-order valence-electron chi connectivity index (χ1n) is 5.44. The summed E-state index contributed by atoms with van der Waals surface area (Å²) in [4.78, 5) is 11.8. The van der Waals surface area contributed by atoms with Crippen LogP contribution in [0.1, 0.15) is 17.9 Å². The summed E-state index contributed by atoms with van der Waals surface area (Å²) in [5.41, 5.74) is 1.04. The highest BCUT2D eigenvalue weighted by molar-refractivity contribution is 6.56. The number of allylic oxidation sites excluding steroid dienone is 1. The Morgan fingerprint density at radius 3 is 2.56 bits per heavy atom. The van der Waals surface area contributed by atoms with Crippen LogP contribution < -0.4 is 5.32 Å². The van der Waals surface area contributed by atoms with Gasteiger partial charge in [0, 0.05) is 5.92 Å². The molecule has 0 aromatic heterocycles. The second-order valence-corrected chi connectivity index (χ2v) is 5.05. The number of carbonyl (C=O) groups is 1. The largest absolute Gasteiger partial charge is 0.315 e. The van der Waals surface area contributed by atoms with Gasteiger partial charge in [-0.1, -0.05) is 53.5 Å². The lowest BCUT2D eigenvalue weighted by atomic mass is 10.1. The van der Waals surface area contributed by atoms with Gasteiger partial charge in [0.25, 0.3) is 0 Å². The summed E-state index contributed by atoms with van der Waals surface area (Å²) < 4.78 is -0.220. The van der Waals surface area contributed by atoms with E-state index in [4.69, 9.17) is 28.5 Å². The van der Waals surface area contributed by atoms with Crippen molar-refractivity contribution in [2.45, 2.75) is 12.3 Å². The Bertz CT molecular complexity index is 530. The molecule has 92 valence electrons. The van der Waals surface area contributed by atoms with Gasteiger partial charge in [0.15, 0.2) is 5.70 Å². The lowest BCUT2D eigenvalue weighted by Gasteiger charge is -2.03. The van der Waals surface area contributed by atoms with Gasteiger partial charge >= 0.3 is 0 Å². The van der Waals surface area contributed by atoms with E-state index >= 15 is 0 Å². The van der Waals surface area contributed by atoms with Gasteiger partial charge in [0.1, 0.15) is 10.6 Å². The number of carbonyl (C=O) groups excluding carboxylic acids is 1.